The third-order valence-corrected chi connectivity index (χ3v) is 10.5. The lowest BCUT2D eigenvalue weighted by atomic mass is 9.88. The van der Waals surface area contributed by atoms with Crippen LogP contribution in [-0.4, -0.2) is 53.6 Å². The third kappa shape index (κ3) is 4.61. The summed E-state index contributed by atoms with van der Waals surface area (Å²) in [6.45, 7) is 5.73. The Morgan fingerprint density at radius 1 is 1.10 bits per heavy atom. The van der Waals surface area contributed by atoms with Gasteiger partial charge in [-0.3, -0.25) is 4.79 Å². The fourth-order valence-corrected chi connectivity index (χ4v) is 7.59. The Kier molecular flexibility index (Phi) is 6.71. The monoisotopic (exact) mass is 566 g/mol. The van der Waals surface area contributed by atoms with Crippen LogP contribution in [0.1, 0.15) is 46.0 Å². The average Bonchev–Trinajstić information content (AvgIpc) is 3.37. The molecule has 1 N–H and O–H groups in total. The van der Waals surface area contributed by atoms with Crippen molar-refractivity contribution in [3.8, 4) is 11.1 Å². The molecule has 0 fully saturated rings. The number of carbonyl (C=O) groups excluding carboxylic acids is 1. The second-order valence-corrected chi connectivity index (χ2v) is 13.6. The van der Waals surface area contributed by atoms with Crippen molar-refractivity contribution in [1.29, 1.82) is 0 Å². The van der Waals surface area contributed by atoms with E-state index in [0.29, 0.717) is 17.6 Å². The topological polar surface area (TPSA) is 84.3 Å². The second kappa shape index (κ2) is 10.1. The average molecular weight is 567 g/mol. The van der Waals surface area contributed by atoms with Crippen LogP contribution in [0.4, 0.5) is 0 Å². The molecular formula is C33H34N4O3S. The Balaban J connectivity index is 1.43. The van der Waals surface area contributed by atoms with Crippen LogP contribution < -0.4 is 5.32 Å². The maximum absolute atomic E-state index is 14.4. The first-order valence-electron chi connectivity index (χ1n) is 13.9. The summed E-state index contributed by atoms with van der Waals surface area (Å²) in [5.74, 6) is -0.0884. The number of hydrogen-bond donors (Lipinski definition) is 1. The predicted octanol–water partition coefficient (Wildman–Crippen LogP) is 5.34. The maximum atomic E-state index is 14.4. The van der Waals surface area contributed by atoms with Gasteiger partial charge in [-0.15, -0.1) is 0 Å². The van der Waals surface area contributed by atoms with Gasteiger partial charge in [0.05, 0.1) is 0 Å². The van der Waals surface area contributed by atoms with Gasteiger partial charge in [-0.2, -0.15) is 0 Å². The number of nitrogens with one attached hydrogen (secondary N) is 1. The van der Waals surface area contributed by atoms with E-state index in [-0.39, 0.29) is 5.91 Å². The zero-order valence-electron chi connectivity index (χ0n) is 23.8. The minimum atomic E-state index is -3.92. The smallest absolute Gasteiger partial charge is 0.253 e. The summed E-state index contributed by atoms with van der Waals surface area (Å²) in [5, 5.41) is 4.18. The molecule has 1 unspecified atom stereocenters. The summed E-state index contributed by atoms with van der Waals surface area (Å²) in [5.41, 5.74) is 8.37. The Bertz CT molecular complexity index is 1850. The van der Waals surface area contributed by atoms with Crippen LogP contribution in [0.2, 0.25) is 0 Å². The van der Waals surface area contributed by atoms with Gasteiger partial charge >= 0.3 is 0 Å². The second-order valence-electron chi connectivity index (χ2n) is 11.4. The Morgan fingerprint density at radius 2 is 1.88 bits per heavy atom. The van der Waals surface area contributed by atoms with Crippen LogP contribution in [0, 0.1) is 6.92 Å². The lowest BCUT2D eigenvalue weighted by molar-refractivity contribution is 0.0827. The van der Waals surface area contributed by atoms with Crippen LogP contribution in [-0.2, 0) is 23.0 Å². The normalized spacial score (nSPS) is 18.7. The Morgan fingerprint density at radius 3 is 2.63 bits per heavy atom. The highest BCUT2D eigenvalue weighted by Crippen LogP contribution is 2.39. The quantitative estimate of drug-likeness (QED) is 0.353. The van der Waals surface area contributed by atoms with Crippen molar-refractivity contribution in [3.63, 3.8) is 0 Å². The molecule has 210 valence electrons. The van der Waals surface area contributed by atoms with Gasteiger partial charge in [-0.05, 0) is 97.0 Å². The van der Waals surface area contributed by atoms with Gasteiger partial charge in [0.2, 0.25) is 10.0 Å². The summed E-state index contributed by atoms with van der Waals surface area (Å²) >= 11 is 0. The molecule has 7 nitrogen and oxygen atoms in total. The van der Waals surface area contributed by atoms with Crippen LogP contribution >= 0.6 is 0 Å². The molecule has 0 spiro atoms. The molecular weight excluding hydrogens is 532 g/mol. The zero-order chi connectivity index (χ0) is 28.9. The molecule has 2 aliphatic rings. The summed E-state index contributed by atoms with van der Waals surface area (Å²) in [6.07, 6.45) is 10.5. The fourth-order valence-electron chi connectivity index (χ4n) is 5.94. The van der Waals surface area contributed by atoms with E-state index in [9.17, 15) is 13.2 Å². The van der Waals surface area contributed by atoms with Crippen LogP contribution in [0.15, 0.2) is 79.2 Å². The van der Waals surface area contributed by atoms with Crippen molar-refractivity contribution in [1.82, 2.24) is 19.2 Å². The largest absolute Gasteiger partial charge is 0.345 e. The molecule has 3 heterocycles. The molecule has 4 aromatic rings. The van der Waals surface area contributed by atoms with E-state index < -0.39 is 14.8 Å². The van der Waals surface area contributed by atoms with Crippen molar-refractivity contribution >= 4 is 32.5 Å². The Labute approximate surface area is 241 Å². The number of aryl methyl sites for hydroxylation is 1. The molecule has 1 aliphatic carbocycles. The number of amides is 1. The first-order chi connectivity index (χ1) is 19.6. The van der Waals surface area contributed by atoms with E-state index in [0.717, 1.165) is 47.2 Å². The lowest BCUT2D eigenvalue weighted by Gasteiger charge is -2.29. The van der Waals surface area contributed by atoms with Crippen molar-refractivity contribution in [2.45, 2.75) is 38.0 Å². The van der Waals surface area contributed by atoms with Crippen LogP contribution in [0.5, 0.6) is 0 Å². The molecule has 41 heavy (non-hydrogen) atoms. The predicted molar refractivity (Wildman–Crippen MR) is 164 cm³/mol. The van der Waals surface area contributed by atoms with E-state index in [1.165, 1.54) is 25.6 Å². The first-order valence-corrected chi connectivity index (χ1v) is 15.3. The number of hydrogen-bond acceptors (Lipinski definition) is 5. The van der Waals surface area contributed by atoms with Gasteiger partial charge in [-0.1, -0.05) is 36.4 Å². The standard InChI is InChI=1S/C33H34N4O3S/c1-22-17-26(18-27-20-34-16-13-28(22)27)25-7-5-14-33(2,19-25)41(39,40)37-21-30(29-8-6-15-35-31(29)37)23-9-11-24(12-10-23)32(38)36(3)4/h5-12,15,17-19,21,34H,13-14,16,20H2,1-4H3. The van der Waals surface area contributed by atoms with Gasteiger partial charge in [-0.25, -0.2) is 17.4 Å². The molecule has 0 saturated heterocycles. The third-order valence-electron chi connectivity index (χ3n) is 8.28. The molecule has 6 rings (SSSR count). The van der Waals surface area contributed by atoms with E-state index in [1.54, 1.807) is 45.5 Å². The molecule has 0 saturated carbocycles. The summed E-state index contributed by atoms with van der Waals surface area (Å²) in [6, 6.07) is 15.3. The minimum absolute atomic E-state index is 0.0884. The molecule has 0 radical (unpaired) electrons. The number of carbonyl (C=O) groups is 1. The van der Waals surface area contributed by atoms with E-state index in [2.05, 4.69) is 29.4 Å². The molecule has 1 aliphatic heterocycles. The molecule has 0 bridgehead atoms. The van der Waals surface area contributed by atoms with Gasteiger partial charge in [0.1, 0.15) is 4.75 Å². The van der Waals surface area contributed by atoms with E-state index in [1.807, 2.05) is 42.5 Å². The molecule has 1 amide bonds. The van der Waals surface area contributed by atoms with Crippen molar-refractivity contribution in [2.75, 3.05) is 20.6 Å². The number of pyridine rings is 1. The van der Waals surface area contributed by atoms with E-state index in [4.69, 9.17) is 0 Å². The highest BCUT2D eigenvalue weighted by molar-refractivity contribution is 7.91. The summed E-state index contributed by atoms with van der Waals surface area (Å²) in [4.78, 5) is 18.4. The van der Waals surface area contributed by atoms with Crippen LogP contribution in [0.3, 0.4) is 0 Å². The van der Waals surface area contributed by atoms with Gasteiger partial charge in [0.25, 0.3) is 5.91 Å². The number of rotatable bonds is 5. The van der Waals surface area contributed by atoms with Gasteiger partial charge in [0, 0.05) is 49.5 Å². The van der Waals surface area contributed by atoms with Crippen LogP contribution in [0.25, 0.3) is 27.7 Å². The summed E-state index contributed by atoms with van der Waals surface area (Å²) in [7, 11) is -0.496. The number of allylic oxidation sites excluding steroid dienone is 3. The van der Waals surface area contributed by atoms with Crippen molar-refractivity contribution < 1.29 is 13.2 Å². The van der Waals surface area contributed by atoms with Crippen molar-refractivity contribution in [2.24, 2.45) is 0 Å². The molecule has 8 heteroatoms. The highest BCUT2D eigenvalue weighted by Gasteiger charge is 2.41. The van der Waals surface area contributed by atoms with Gasteiger partial charge in [0.15, 0.2) is 5.65 Å². The first kappa shape index (κ1) is 27.2. The molecule has 1 atom stereocenters. The molecule has 2 aromatic carbocycles. The number of nitrogens with zero attached hydrogens (tertiary/aromatic N) is 3. The number of fused-ring (bicyclic) bond motifs is 2. The highest BCUT2D eigenvalue weighted by atomic mass is 32.2. The summed E-state index contributed by atoms with van der Waals surface area (Å²) < 4.78 is 29.1. The van der Waals surface area contributed by atoms with E-state index >= 15 is 0 Å². The lowest BCUT2D eigenvalue weighted by Crippen LogP contribution is -2.38. The zero-order valence-corrected chi connectivity index (χ0v) is 24.6. The number of aromatic nitrogens is 2. The minimum Gasteiger partial charge on any atom is -0.345 e. The fraction of sp³-hybridized carbons (Fsp3) is 0.273. The molecule has 2 aromatic heterocycles. The number of benzene rings is 2. The van der Waals surface area contributed by atoms with Gasteiger partial charge < -0.3 is 10.2 Å². The van der Waals surface area contributed by atoms with Crippen molar-refractivity contribution in [3.05, 3.63) is 107 Å². The Hall–Kier alpha value is -4.01. The SMILES string of the molecule is Cc1cc(C2=CC(C)(S(=O)(=O)n3cc(-c4ccc(C(=O)N(C)C)cc4)c4cccnc43)CC=C2)cc2c1CCNC2. The maximum Gasteiger partial charge on any atom is 0.253 e.